The quantitative estimate of drug-likeness (QED) is 0.864. The maximum Gasteiger partial charge on any atom is 0.416 e. The van der Waals surface area contributed by atoms with E-state index < -0.39 is 11.7 Å². The summed E-state index contributed by atoms with van der Waals surface area (Å²) in [5.74, 6) is 0. The van der Waals surface area contributed by atoms with Gasteiger partial charge in [0.1, 0.15) is 0 Å². The Morgan fingerprint density at radius 3 is 2.32 bits per heavy atom. The number of rotatable bonds is 4. The van der Waals surface area contributed by atoms with Gasteiger partial charge in [-0.1, -0.05) is 39.0 Å². The number of alkyl halides is 3. The molecule has 1 atom stereocenters. The number of aryl methyl sites for hydroxylation is 1. The van der Waals surface area contributed by atoms with E-state index in [2.05, 4.69) is 20.8 Å². The molecule has 0 bridgehead atoms. The Labute approximate surface area is 113 Å². The number of halogens is 3. The third kappa shape index (κ3) is 5.23. The minimum absolute atomic E-state index is 0.0355. The smallest absolute Gasteiger partial charge is 0.327 e. The molecule has 1 aromatic rings. The zero-order valence-electron chi connectivity index (χ0n) is 11.7. The second kappa shape index (κ2) is 5.95. The van der Waals surface area contributed by atoms with Crippen LogP contribution in [0.4, 0.5) is 13.2 Å². The predicted octanol–water partition coefficient (Wildman–Crippen LogP) is 4.40. The molecule has 0 radical (unpaired) electrons. The van der Waals surface area contributed by atoms with E-state index in [1.807, 2.05) is 0 Å². The highest BCUT2D eigenvalue weighted by Crippen LogP contribution is 2.30. The van der Waals surface area contributed by atoms with E-state index in [-0.39, 0.29) is 11.5 Å². The van der Waals surface area contributed by atoms with Crippen molar-refractivity contribution in [2.24, 2.45) is 11.1 Å². The lowest BCUT2D eigenvalue weighted by atomic mass is 9.84. The van der Waals surface area contributed by atoms with Crippen LogP contribution in [0.15, 0.2) is 24.3 Å². The van der Waals surface area contributed by atoms with Gasteiger partial charge in [0.05, 0.1) is 5.56 Å². The lowest BCUT2D eigenvalue weighted by Crippen LogP contribution is -2.34. The standard InChI is InChI=1S/C15H22F3N/c1-14(2,3)13(19)9-5-7-11-6-4-8-12(10-11)15(16,17)18/h4,6,8,10,13H,5,7,9,19H2,1-3H3. The topological polar surface area (TPSA) is 26.0 Å². The van der Waals surface area contributed by atoms with Crippen molar-refractivity contribution in [1.82, 2.24) is 0 Å². The third-order valence-electron chi connectivity index (χ3n) is 3.35. The van der Waals surface area contributed by atoms with E-state index in [4.69, 9.17) is 5.73 Å². The summed E-state index contributed by atoms with van der Waals surface area (Å²) in [6.07, 6.45) is -2.01. The van der Waals surface area contributed by atoms with E-state index in [0.29, 0.717) is 6.42 Å². The van der Waals surface area contributed by atoms with Crippen LogP contribution >= 0.6 is 0 Å². The Morgan fingerprint density at radius 1 is 1.16 bits per heavy atom. The van der Waals surface area contributed by atoms with Crippen LogP contribution in [0, 0.1) is 5.41 Å². The first-order valence-corrected chi connectivity index (χ1v) is 6.52. The molecule has 1 aromatic carbocycles. The Morgan fingerprint density at radius 2 is 1.79 bits per heavy atom. The molecule has 0 fully saturated rings. The molecule has 0 saturated heterocycles. The van der Waals surface area contributed by atoms with E-state index in [1.165, 1.54) is 12.1 Å². The highest BCUT2D eigenvalue weighted by molar-refractivity contribution is 5.25. The average Bonchev–Trinajstić information content (AvgIpc) is 2.27. The van der Waals surface area contributed by atoms with Gasteiger partial charge >= 0.3 is 6.18 Å². The number of nitrogens with two attached hydrogens (primary N) is 1. The van der Waals surface area contributed by atoms with Crippen LogP contribution < -0.4 is 5.73 Å². The molecule has 1 unspecified atom stereocenters. The SMILES string of the molecule is CC(C)(C)C(N)CCCc1cccc(C(F)(F)F)c1. The van der Waals surface area contributed by atoms with E-state index >= 15 is 0 Å². The maximum atomic E-state index is 12.6. The monoisotopic (exact) mass is 273 g/mol. The Bertz CT molecular complexity index is 405. The first-order chi connectivity index (χ1) is 8.60. The Balaban J connectivity index is 2.55. The van der Waals surface area contributed by atoms with Crippen LogP contribution in [0.1, 0.15) is 44.7 Å². The summed E-state index contributed by atoms with van der Waals surface area (Å²) in [5, 5.41) is 0. The number of hydrogen-bond acceptors (Lipinski definition) is 1. The molecular formula is C15H22F3N. The van der Waals surface area contributed by atoms with Crippen molar-refractivity contribution in [3.63, 3.8) is 0 Å². The first-order valence-electron chi connectivity index (χ1n) is 6.52. The molecule has 0 aliphatic heterocycles. The summed E-state index contributed by atoms with van der Waals surface area (Å²) >= 11 is 0. The largest absolute Gasteiger partial charge is 0.416 e. The van der Waals surface area contributed by atoms with Crippen molar-refractivity contribution in [1.29, 1.82) is 0 Å². The maximum absolute atomic E-state index is 12.6. The highest BCUT2D eigenvalue weighted by atomic mass is 19.4. The lowest BCUT2D eigenvalue weighted by Gasteiger charge is -2.27. The summed E-state index contributed by atoms with van der Waals surface area (Å²) < 4.78 is 37.7. The van der Waals surface area contributed by atoms with Crippen LogP contribution in [0.2, 0.25) is 0 Å². The molecule has 0 spiro atoms. The van der Waals surface area contributed by atoms with Crippen molar-refractivity contribution < 1.29 is 13.2 Å². The van der Waals surface area contributed by atoms with Crippen molar-refractivity contribution in [3.05, 3.63) is 35.4 Å². The van der Waals surface area contributed by atoms with Crippen LogP contribution in [0.3, 0.4) is 0 Å². The van der Waals surface area contributed by atoms with Crippen molar-refractivity contribution >= 4 is 0 Å². The van der Waals surface area contributed by atoms with Gasteiger partial charge in [-0.15, -0.1) is 0 Å². The summed E-state index contributed by atoms with van der Waals surface area (Å²) in [7, 11) is 0. The van der Waals surface area contributed by atoms with Gasteiger partial charge in [-0.25, -0.2) is 0 Å². The Hall–Kier alpha value is -1.03. The molecule has 0 saturated carbocycles. The van der Waals surface area contributed by atoms with Gasteiger partial charge in [-0.2, -0.15) is 13.2 Å². The van der Waals surface area contributed by atoms with Crippen LogP contribution in [-0.4, -0.2) is 6.04 Å². The van der Waals surface area contributed by atoms with Crippen molar-refractivity contribution in [2.75, 3.05) is 0 Å². The number of benzene rings is 1. The van der Waals surface area contributed by atoms with Gasteiger partial charge in [0.2, 0.25) is 0 Å². The summed E-state index contributed by atoms with van der Waals surface area (Å²) in [6, 6.07) is 5.59. The summed E-state index contributed by atoms with van der Waals surface area (Å²) in [6.45, 7) is 6.21. The molecule has 0 aliphatic carbocycles. The zero-order valence-corrected chi connectivity index (χ0v) is 11.7. The average molecular weight is 273 g/mol. The highest BCUT2D eigenvalue weighted by Gasteiger charge is 2.30. The minimum atomic E-state index is -4.27. The van der Waals surface area contributed by atoms with Crippen molar-refractivity contribution in [3.8, 4) is 0 Å². The zero-order chi connectivity index (χ0) is 14.7. The van der Waals surface area contributed by atoms with Gasteiger partial charge in [-0.3, -0.25) is 0 Å². The first kappa shape index (κ1) is 16.0. The molecular weight excluding hydrogens is 251 g/mol. The minimum Gasteiger partial charge on any atom is -0.327 e. The van der Waals surface area contributed by atoms with Gasteiger partial charge in [-0.05, 0) is 36.3 Å². The normalized spacial score (nSPS) is 14.5. The Kier molecular flexibility index (Phi) is 5.02. The summed E-state index contributed by atoms with van der Waals surface area (Å²) in [5.41, 5.74) is 6.21. The fourth-order valence-corrected chi connectivity index (χ4v) is 1.86. The fourth-order valence-electron chi connectivity index (χ4n) is 1.86. The van der Waals surface area contributed by atoms with Gasteiger partial charge in [0.25, 0.3) is 0 Å². The van der Waals surface area contributed by atoms with Crippen LogP contribution in [0.25, 0.3) is 0 Å². The van der Waals surface area contributed by atoms with Crippen LogP contribution in [-0.2, 0) is 12.6 Å². The molecule has 0 amide bonds. The van der Waals surface area contributed by atoms with Gasteiger partial charge < -0.3 is 5.73 Å². The van der Waals surface area contributed by atoms with Gasteiger partial charge in [0.15, 0.2) is 0 Å². The molecule has 108 valence electrons. The molecule has 1 nitrogen and oxygen atoms in total. The molecule has 0 heterocycles. The van der Waals surface area contributed by atoms with Crippen LogP contribution in [0.5, 0.6) is 0 Å². The number of hydrogen-bond donors (Lipinski definition) is 1. The fraction of sp³-hybridized carbons (Fsp3) is 0.600. The van der Waals surface area contributed by atoms with Gasteiger partial charge in [0, 0.05) is 6.04 Å². The molecule has 0 aliphatic rings. The summed E-state index contributed by atoms with van der Waals surface area (Å²) in [4.78, 5) is 0. The molecule has 4 heteroatoms. The lowest BCUT2D eigenvalue weighted by molar-refractivity contribution is -0.137. The second-order valence-corrected chi connectivity index (χ2v) is 6.06. The van der Waals surface area contributed by atoms with Crippen molar-refractivity contribution in [2.45, 2.75) is 52.3 Å². The third-order valence-corrected chi connectivity index (χ3v) is 3.35. The molecule has 2 N–H and O–H groups in total. The van der Waals surface area contributed by atoms with E-state index in [9.17, 15) is 13.2 Å². The molecule has 19 heavy (non-hydrogen) atoms. The predicted molar refractivity (Wildman–Crippen MR) is 71.8 cm³/mol. The van der Waals surface area contributed by atoms with E-state index in [1.54, 1.807) is 6.07 Å². The molecule has 1 rings (SSSR count). The second-order valence-electron chi connectivity index (χ2n) is 6.06. The van der Waals surface area contributed by atoms with E-state index in [0.717, 1.165) is 24.5 Å². The molecule has 0 aromatic heterocycles.